The van der Waals surface area contributed by atoms with Crippen LogP contribution >= 0.6 is 0 Å². The number of aromatic nitrogens is 5. The molecule has 3 aromatic rings. The molecule has 1 amide bonds. The van der Waals surface area contributed by atoms with Gasteiger partial charge in [-0.05, 0) is 39.0 Å². The van der Waals surface area contributed by atoms with Crippen molar-refractivity contribution < 1.29 is 4.79 Å². The summed E-state index contributed by atoms with van der Waals surface area (Å²) in [5.74, 6) is 0.597. The van der Waals surface area contributed by atoms with Gasteiger partial charge in [-0.1, -0.05) is 0 Å². The molecule has 0 saturated carbocycles. The maximum Gasteiger partial charge on any atom is 0.247 e. The third-order valence-corrected chi connectivity index (χ3v) is 3.59. The van der Waals surface area contributed by atoms with Crippen molar-refractivity contribution in [3.63, 3.8) is 0 Å². The lowest BCUT2D eigenvalue weighted by Gasteiger charge is -2.13. The van der Waals surface area contributed by atoms with Gasteiger partial charge >= 0.3 is 0 Å². The molecule has 0 aliphatic carbocycles. The SMILES string of the molecule is Cc1cc(C)n(-c2ccc(NC(=O)C(C)n3ccnc3)cn2)n1. The molecule has 0 radical (unpaired) electrons. The van der Waals surface area contributed by atoms with E-state index in [1.54, 1.807) is 34.2 Å². The topological polar surface area (TPSA) is 77.6 Å². The second kappa shape index (κ2) is 6.04. The number of hydrogen-bond donors (Lipinski definition) is 1. The number of pyridine rings is 1. The van der Waals surface area contributed by atoms with Crippen molar-refractivity contribution in [1.29, 1.82) is 0 Å². The van der Waals surface area contributed by atoms with Crippen LogP contribution in [0.2, 0.25) is 0 Å². The summed E-state index contributed by atoms with van der Waals surface area (Å²) < 4.78 is 3.52. The van der Waals surface area contributed by atoms with Crippen molar-refractivity contribution in [2.75, 3.05) is 5.32 Å². The summed E-state index contributed by atoms with van der Waals surface area (Å²) in [7, 11) is 0. The van der Waals surface area contributed by atoms with Gasteiger partial charge in [-0.15, -0.1) is 0 Å². The number of imidazole rings is 1. The first-order valence-electron chi connectivity index (χ1n) is 7.32. The molecule has 3 aromatic heterocycles. The van der Waals surface area contributed by atoms with Gasteiger partial charge in [0.25, 0.3) is 0 Å². The predicted molar refractivity (Wildman–Crippen MR) is 86.4 cm³/mol. The van der Waals surface area contributed by atoms with Gasteiger partial charge in [-0.25, -0.2) is 14.6 Å². The van der Waals surface area contributed by atoms with Gasteiger partial charge < -0.3 is 9.88 Å². The molecule has 0 saturated heterocycles. The first-order chi connectivity index (χ1) is 11.0. The average molecular weight is 310 g/mol. The van der Waals surface area contributed by atoms with Gasteiger partial charge in [-0.3, -0.25) is 4.79 Å². The van der Waals surface area contributed by atoms with Crippen LogP contribution in [0.25, 0.3) is 5.82 Å². The quantitative estimate of drug-likeness (QED) is 0.802. The fourth-order valence-electron chi connectivity index (χ4n) is 2.33. The number of amides is 1. The summed E-state index contributed by atoms with van der Waals surface area (Å²) in [6.07, 6.45) is 6.65. The Morgan fingerprint density at radius 2 is 2.13 bits per heavy atom. The lowest BCUT2D eigenvalue weighted by atomic mass is 10.3. The lowest BCUT2D eigenvalue weighted by Crippen LogP contribution is -2.23. The summed E-state index contributed by atoms with van der Waals surface area (Å²) >= 11 is 0. The van der Waals surface area contributed by atoms with Crippen molar-refractivity contribution in [2.24, 2.45) is 0 Å². The Kier molecular flexibility index (Phi) is 3.92. The maximum atomic E-state index is 12.2. The summed E-state index contributed by atoms with van der Waals surface area (Å²) in [4.78, 5) is 20.5. The number of aryl methyl sites for hydroxylation is 2. The van der Waals surface area contributed by atoms with Gasteiger partial charge in [-0.2, -0.15) is 5.10 Å². The van der Waals surface area contributed by atoms with Crippen molar-refractivity contribution in [3.8, 4) is 5.82 Å². The Balaban J connectivity index is 1.73. The van der Waals surface area contributed by atoms with Crippen LogP contribution in [0.3, 0.4) is 0 Å². The van der Waals surface area contributed by atoms with Gasteiger partial charge in [0.1, 0.15) is 6.04 Å². The fourth-order valence-corrected chi connectivity index (χ4v) is 2.33. The third-order valence-electron chi connectivity index (χ3n) is 3.59. The summed E-state index contributed by atoms with van der Waals surface area (Å²) in [5.41, 5.74) is 2.60. The van der Waals surface area contributed by atoms with Crippen LogP contribution in [-0.2, 0) is 4.79 Å². The van der Waals surface area contributed by atoms with E-state index in [0.29, 0.717) is 5.69 Å². The highest BCUT2D eigenvalue weighted by Crippen LogP contribution is 2.14. The van der Waals surface area contributed by atoms with Crippen LogP contribution in [0.1, 0.15) is 24.4 Å². The molecule has 1 atom stereocenters. The molecule has 0 aliphatic heterocycles. The first kappa shape index (κ1) is 15.0. The zero-order chi connectivity index (χ0) is 16.4. The van der Waals surface area contributed by atoms with Crippen LogP contribution < -0.4 is 5.32 Å². The number of rotatable bonds is 4. The van der Waals surface area contributed by atoms with Crippen LogP contribution in [0.5, 0.6) is 0 Å². The summed E-state index contributed by atoms with van der Waals surface area (Å²) in [6, 6.07) is 5.30. The van der Waals surface area contributed by atoms with Crippen molar-refractivity contribution in [2.45, 2.75) is 26.8 Å². The Bertz CT molecular complexity index is 804. The van der Waals surface area contributed by atoms with E-state index in [4.69, 9.17) is 0 Å². The minimum absolute atomic E-state index is 0.122. The molecule has 0 aromatic carbocycles. The average Bonchev–Trinajstić information content (AvgIpc) is 3.17. The van der Waals surface area contributed by atoms with Gasteiger partial charge in [0, 0.05) is 18.1 Å². The molecule has 0 bridgehead atoms. The van der Waals surface area contributed by atoms with E-state index >= 15 is 0 Å². The number of carbonyl (C=O) groups is 1. The lowest BCUT2D eigenvalue weighted by molar-refractivity contribution is -0.118. The molecule has 0 aliphatic rings. The Hall–Kier alpha value is -2.96. The Labute approximate surface area is 134 Å². The minimum Gasteiger partial charge on any atom is -0.325 e. The Morgan fingerprint density at radius 1 is 1.30 bits per heavy atom. The van der Waals surface area contributed by atoms with E-state index in [2.05, 4.69) is 20.4 Å². The number of anilines is 1. The van der Waals surface area contributed by atoms with E-state index in [1.165, 1.54) is 0 Å². The van der Waals surface area contributed by atoms with Crippen LogP contribution in [-0.4, -0.2) is 30.2 Å². The van der Waals surface area contributed by atoms with Gasteiger partial charge in [0.2, 0.25) is 5.91 Å². The van der Waals surface area contributed by atoms with E-state index in [-0.39, 0.29) is 11.9 Å². The molecule has 1 unspecified atom stereocenters. The normalized spacial score (nSPS) is 12.1. The third kappa shape index (κ3) is 3.13. The highest BCUT2D eigenvalue weighted by molar-refractivity contribution is 5.93. The largest absolute Gasteiger partial charge is 0.325 e. The van der Waals surface area contributed by atoms with Crippen LogP contribution in [0.15, 0.2) is 43.1 Å². The second-order valence-corrected chi connectivity index (χ2v) is 5.42. The van der Waals surface area contributed by atoms with Crippen molar-refractivity contribution in [3.05, 3.63) is 54.5 Å². The van der Waals surface area contributed by atoms with Crippen LogP contribution in [0, 0.1) is 13.8 Å². The molecular formula is C16H18N6O. The molecule has 1 N–H and O–H groups in total. The minimum atomic E-state index is -0.340. The zero-order valence-electron chi connectivity index (χ0n) is 13.3. The highest BCUT2D eigenvalue weighted by Gasteiger charge is 2.14. The first-order valence-corrected chi connectivity index (χ1v) is 7.32. The second-order valence-electron chi connectivity index (χ2n) is 5.42. The van der Waals surface area contributed by atoms with Gasteiger partial charge in [0.05, 0.1) is 23.9 Å². The van der Waals surface area contributed by atoms with E-state index in [9.17, 15) is 4.79 Å². The summed E-state index contributed by atoms with van der Waals surface area (Å²) in [5, 5.41) is 7.24. The molecular weight excluding hydrogens is 292 g/mol. The molecule has 23 heavy (non-hydrogen) atoms. The number of hydrogen-bond acceptors (Lipinski definition) is 4. The predicted octanol–water partition coefficient (Wildman–Crippen LogP) is 2.28. The highest BCUT2D eigenvalue weighted by atomic mass is 16.2. The standard InChI is InChI=1S/C16H18N6O/c1-11-8-12(2)22(20-11)15-5-4-14(9-18-15)19-16(23)13(3)21-7-6-17-10-21/h4-10,13H,1-3H3,(H,19,23). The molecule has 7 heteroatoms. The monoisotopic (exact) mass is 310 g/mol. The maximum absolute atomic E-state index is 12.2. The van der Waals surface area contributed by atoms with E-state index in [0.717, 1.165) is 17.2 Å². The number of carbonyl (C=O) groups excluding carboxylic acids is 1. The molecule has 3 heterocycles. The van der Waals surface area contributed by atoms with Gasteiger partial charge in [0.15, 0.2) is 5.82 Å². The molecule has 118 valence electrons. The fraction of sp³-hybridized carbons (Fsp3) is 0.250. The Morgan fingerprint density at radius 3 is 2.70 bits per heavy atom. The van der Waals surface area contributed by atoms with E-state index in [1.807, 2.05) is 39.0 Å². The number of nitrogens with zero attached hydrogens (tertiary/aromatic N) is 5. The van der Waals surface area contributed by atoms with Crippen LogP contribution in [0.4, 0.5) is 5.69 Å². The van der Waals surface area contributed by atoms with Crippen molar-refractivity contribution in [1.82, 2.24) is 24.3 Å². The molecule has 0 spiro atoms. The molecule has 3 rings (SSSR count). The number of nitrogens with one attached hydrogen (secondary N) is 1. The summed E-state index contributed by atoms with van der Waals surface area (Å²) in [6.45, 7) is 5.73. The molecule has 0 fully saturated rings. The van der Waals surface area contributed by atoms with Crippen molar-refractivity contribution >= 4 is 11.6 Å². The zero-order valence-corrected chi connectivity index (χ0v) is 13.3. The smallest absolute Gasteiger partial charge is 0.247 e. The van der Waals surface area contributed by atoms with E-state index < -0.39 is 0 Å². The molecule has 7 nitrogen and oxygen atoms in total.